The number of hydrogen-bond donors (Lipinski definition) is 2. The lowest BCUT2D eigenvalue weighted by Crippen LogP contribution is -2.08. The fourth-order valence-corrected chi connectivity index (χ4v) is 6.74. The van der Waals surface area contributed by atoms with Gasteiger partial charge in [-0.3, -0.25) is 9.59 Å². The highest BCUT2D eigenvalue weighted by Crippen LogP contribution is 2.42. The lowest BCUT2D eigenvalue weighted by Gasteiger charge is -2.20. The highest BCUT2D eigenvalue weighted by Gasteiger charge is 2.20. The number of fused-ring (bicyclic) bond motifs is 1. The topological polar surface area (TPSA) is 105 Å². The number of thioether (sulfide) groups is 2. The molecule has 6 nitrogen and oxygen atoms in total. The van der Waals surface area contributed by atoms with Gasteiger partial charge in [0.25, 0.3) is 0 Å². The number of carboxylic acid groups (broad SMARTS) is 2. The van der Waals surface area contributed by atoms with Crippen LogP contribution in [0.25, 0.3) is 11.0 Å². The Bertz CT molecular complexity index is 1300. The second-order valence-corrected chi connectivity index (χ2v) is 11.7. The van der Waals surface area contributed by atoms with Crippen LogP contribution in [0, 0.1) is 0 Å². The molecule has 0 aliphatic carbocycles. The van der Waals surface area contributed by atoms with Crippen molar-refractivity contribution >= 4 is 46.4 Å². The Kier molecular flexibility index (Phi) is 11.8. The molecule has 0 fully saturated rings. The summed E-state index contributed by atoms with van der Waals surface area (Å²) in [7, 11) is 0. The van der Waals surface area contributed by atoms with E-state index in [0.717, 1.165) is 47.3 Å². The summed E-state index contributed by atoms with van der Waals surface area (Å²) in [6.45, 7) is 4.23. The molecular weight excluding hydrogens is 520 g/mol. The largest absolute Gasteiger partial charge is 0.481 e. The summed E-state index contributed by atoms with van der Waals surface area (Å²) in [6.07, 6.45) is 6.16. The van der Waals surface area contributed by atoms with E-state index in [9.17, 15) is 19.5 Å². The smallest absolute Gasteiger partial charge is 0.371 e. The molecule has 2 N–H and O–H groups in total. The Balaban J connectivity index is 1.97. The minimum absolute atomic E-state index is 0.0758. The molecule has 3 aromatic rings. The SMILES string of the molecule is CCCCSCc1cccc(C(CCCCC(=O)O)Sc2ccc3c(=O)cc(C(=O)O)oc3c2CCC)c1. The molecule has 0 bridgehead atoms. The summed E-state index contributed by atoms with van der Waals surface area (Å²) < 4.78 is 5.74. The third kappa shape index (κ3) is 8.40. The third-order valence-electron chi connectivity index (χ3n) is 6.28. The van der Waals surface area contributed by atoms with E-state index in [2.05, 4.69) is 31.2 Å². The van der Waals surface area contributed by atoms with Crippen LogP contribution >= 0.6 is 23.5 Å². The van der Waals surface area contributed by atoms with Crippen LogP contribution in [-0.4, -0.2) is 27.9 Å². The maximum Gasteiger partial charge on any atom is 0.371 e. The van der Waals surface area contributed by atoms with E-state index in [4.69, 9.17) is 9.52 Å². The molecule has 0 amide bonds. The van der Waals surface area contributed by atoms with Crippen molar-refractivity contribution in [1.82, 2.24) is 0 Å². The number of aromatic carboxylic acids is 1. The first-order chi connectivity index (χ1) is 18.3. The Morgan fingerprint density at radius 1 is 1.00 bits per heavy atom. The Morgan fingerprint density at radius 2 is 1.82 bits per heavy atom. The van der Waals surface area contributed by atoms with Crippen LogP contribution in [0.15, 0.2) is 56.6 Å². The number of hydrogen-bond acceptors (Lipinski definition) is 6. The molecule has 0 saturated carbocycles. The standard InChI is InChI=1S/C30H36O6S2/c1-3-5-16-37-19-20-10-8-11-21(17-20)26(12-6-7-13-28(32)33)38-27-15-14-22-24(31)18-25(30(34)35)36-29(22)23(27)9-4-2/h8,10-11,14-15,17-18,26H,3-7,9,12-13,16,19H2,1-2H3,(H,32,33)(H,34,35). The molecule has 1 atom stereocenters. The molecule has 0 radical (unpaired) electrons. The number of benzene rings is 2. The molecular formula is C30H36O6S2. The Hall–Kier alpha value is -2.71. The van der Waals surface area contributed by atoms with E-state index in [0.29, 0.717) is 23.8 Å². The van der Waals surface area contributed by atoms with Crippen LogP contribution in [0.4, 0.5) is 0 Å². The average Bonchev–Trinajstić information content (AvgIpc) is 2.89. The molecule has 204 valence electrons. The van der Waals surface area contributed by atoms with E-state index in [-0.39, 0.29) is 22.9 Å². The molecule has 0 spiro atoms. The van der Waals surface area contributed by atoms with Crippen molar-refractivity contribution in [3.63, 3.8) is 0 Å². The summed E-state index contributed by atoms with van der Waals surface area (Å²) in [5, 5.41) is 19.0. The van der Waals surface area contributed by atoms with Crippen LogP contribution in [0.5, 0.6) is 0 Å². The number of unbranched alkanes of at least 4 members (excludes halogenated alkanes) is 2. The fourth-order valence-electron chi connectivity index (χ4n) is 4.33. The third-order valence-corrected chi connectivity index (χ3v) is 8.82. The molecule has 2 aromatic carbocycles. The number of rotatable bonds is 16. The van der Waals surface area contributed by atoms with E-state index < -0.39 is 11.9 Å². The zero-order valence-electron chi connectivity index (χ0n) is 22.0. The lowest BCUT2D eigenvalue weighted by molar-refractivity contribution is -0.137. The van der Waals surface area contributed by atoms with Crippen LogP contribution in [0.2, 0.25) is 0 Å². The highest BCUT2D eigenvalue weighted by molar-refractivity contribution is 7.99. The van der Waals surface area contributed by atoms with Gasteiger partial charge in [-0.2, -0.15) is 11.8 Å². The first-order valence-electron chi connectivity index (χ1n) is 13.2. The summed E-state index contributed by atoms with van der Waals surface area (Å²) in [5.41, 5.74) is 3.27. The number of carboxylic acids is 2. The maximum atomic E-state index is 12.6. The molecule has 1 aromatic heterocycles. The predicted molar refractivity (Wildman–Crippen MR) is 156 cm³/mol. The second-order valence-electron chi connectivity index (χ2n) is 9.35. The molecule has 1 unspecified atom stereocenters. The monoisotopic (exact) mass is 556 g/mol. The minimum atomic E-state index is -1.27. The fraction of sp³-hybridized carbons (Fsp3) is 0.433. The van der Waals surface area contributed by atoms with Gasteiger partial charge in [0.15, 0.2) is 5.43 Å². The molecule has 38 heavy (non-hydrogen) atoms. The number of carbonyl (C=O) groups is 2. The summed E-state index contributed by atoms with van der Waals surface area (Å²) >= 11 is 3.61. The van der Waals surface area contributed by atoms with Gasteiger partial charge in [-0.1, -0.05) is 57.4 Å². The molecule has 0 aliphatic heterocycles. The predicted octanol–water partition coefficient (Wildman–Crippen LogP) is 7.96. The van der Waals surface area contributed by atoms with Crippen LogP contribution in [-0.2, 0) is 17.0 Å². The van der Waals surface area contributed by atoms with Crippen molar-refractivity contribution in [1.29, 1.82) is 0 Å². The van der Waals surface area contributed by atoms with Gasteiger partial charge in [0.1, 0.15) is 5.58 Å². The second kappa shape index (κ2) is 15.0. The lowest BCUT2D eigenvalue weighted by atomic mass is 10.0. The summed E-state index contributed by atoms with van der Waals surface area (Å²) in [6, 6.07) is 13.3. The van der Waals surface area contributed by atoms with Gasteiger partial charge in [-0.15, -0.1) is 11.8 Å². The Labute approximate surface area is 232 Å². The van der Waals surface area contributed by atoms with Crippen molar-refractivity contribution in [2.24, 2.45) is 0 Å². The molecule has 0 aliphatic rings. The van der Waals surface area contributed by atoms with Crippen LogP contribution in [0.3, 0.4) is 0 Å². The first-order valence-corrected chi connectivity index (χ1v) is 15.3. The molecule has 8 heteroatoms. The zero-order valence-corrected chi connectivity index (χ0v) is 23.7. The average molecular weight is 557 g/mol. The van der Waals surface area contributed by atoms with Crippen molar-refractivity contribution in [3.8, 4) is 0 Å². The summed E-state index contributed by atoms with van der Waals surface area (Å²) in [4.78, 5) is 36.2. The van der Waals surface area contributed by atoms with Gasteiger partial charge in [-0.25, -0.2) is 4.79 Å². The van der Waals surface area contributed by atoms with Crippen molar-refractivity contribution in [2.75, 3.05) is 5.75 Å². The highest BCUT2D eigenvalue weighted by atomic mass is 32.2. The van der Waals surface area contributed by atoms with Crippen molar-refractivity contribution < 1.29 is 24.2 Å². The van der Waals surface area contributed by atoms with Crippen LogP contribution in [0.1, 0.15) is 91.3 Å². The molecule has 0 saturated heterocycles. The molecule has 1 heterocycles. The van der Waals surface area contributed by atoms with E-state index in [1.54, 1.807) is 17.8 Å². The maximum absolute atomic E-state index is 12.6. The minimum Gasteiger partial charge on any atom is -0.481 e. The van der Waals surface area contributed by atoms with Gasteiger partial charge >= 0.3 is 11.9 Å². The van der Waals surface area contributed by atoms with Crippen LogP contribution < -0.4 is 5.43 Å². The number of aryl methyl sites for hydroxylation is 1. The first kappa shape index (κ1) is 29.8. The van der Waals surface area contributed by atoms with E-state index in [1.807, 2.05) is 24.8 Å². The van der Waals surface area contributed by atoms with Gasteiger partial charge in [0.05, 0.1) is 5.39 Å². The zero-order chi connectivity index (χ0) is 27.5. The number of aliphatic carboxylic acids is 1. The normalized spacial score (nSPS) is 12.1. The van der Waals surface area contributed by atoms with Gasteiger partial charge < -0.3 is 14.6 Å². The van der Waals surface area contributed by atoms with Gasteiger partial charge in [0, 0.05) is 33.9 Å². The van der Waals surface area contributed by atoms with Gasteiger partial charge in [-0.05, 0) is 54.7 Å². The quantitative estimate of drug-likeness (QED) is 0.135. The molecule has 3 rings (SSSR count). The van der Waals surface area contributed by atoms with E-state index in [1.165, 1.54) is 24.0 Å². The van der Waals surface area contributed by atoms with E-state index >= 15 is 0 Å². The van der Waals surface area contributed by atoms with Crippen molar-refractivity contribution in [3.05, 3.63) is 75.1 Å². The van der Waals surface area contributed by atoms with Gasteiger partial charge in [0.2, 0.25) is 5.76 Å². The van der Waals surface area contributed by atoms with Crippen molar-refractivity contribution in [2.45, 2.75) is 81.1 Å². The Morgan fingerprint density at radius 3 is 2.53 bits per heavy atom. The summed E-state index contributed by atoms with van der Waals surface area (Å²) in [5.74, 6) is -0.334.